The van der Waals surface area contributed by atoms with Crippen LogP contribution >= 0.6 is 0 Å². The molecule has 1 aromatic carbocycles. The molecule has 14 heavy (non-hydrogen) atoms. The first-order chi connectivity index (χ1) is 6.74. The van der Waals surface area contributed by atoms with E-state index in [4.69, 9.17) is 0 Å². The van der Waals surface area contributed by atoms with Crippen molar-refractivity contribution >= 4 is 16.7 Å². The number of H-pyrrole nitrogens is 1. The van der Waals surface area contributed by atoms with Gasteiger partial charge in [-0.3, -0.25) is 4.79 Å². The predicted molar refractivity (Wildman–Crippen MR) is 57.7 cm³/mol. The van der Waals surface area contributed by atoms with Crippen LogP contribution in [0.3, 0.4) is 0 Å². The summed E-state index contributed by atoms with van der Waals surface area (Å²) in [7, 11) is 0. The van der Waals surface area contributed by atoms with Gasteiger partial charge < -0.3 is 4.98 Å². The Labute approximate surface area is 82.9 Å². The predicted octanol–water partition coefficient (Wildman–Crippen LogP) is 3.07. The highest BCUT2D eigenvalue weighted by Crippen LogP contribution is 2.21. The van der Waals surface area contributed by atoms with Crippen molar-refractivity contribution in [1.29, 1.82) is 0 Å². The molecular formula is C12H13NO. The summed E-state index contributed by atoms with van der Waals surface area (Å²) in [6.45, 7) is 3.93. The van der Waals surface area contributed by atoms with Crippen LogP contribution in [-0.2, 0) is 0 Å². The summed E-state index contributed by atoms with van der Waals surface area (Å²) < 4.78 is 0. The van der Waals surface area contributed by atoms with E-state index in [0.29, 0.717) is 6.42 Å². The minimum atomic E-state index is 0.192. The summed E-state index contributed by atoms with van der Waals surface area (Å²) >= 11 is 0. The van der Waals surface area contributed by atoms with Crippen molar-refractivity contribution in [2.45, 2.75) is 20.3 Å². The molecule has 0 atom stereocenters. The summed E-state index contributed by atoms with van der Waals surface area (Å²) in [6, 6.07) is 5.85. The quantitative estimate of drug-likeness (QED) is 0.720. The number of nitrogens with one attached hydrogen (secondary N) is 1. The molecule has 0 unspecified atom stereocenters. The zero-order chi connectivity index (χ0) is 10.1. The maximum absolute atomic E-state index is 11.6. The topological polar surface area (TPSA) is 32.9 Å². The first kappa shape index (κ1) is 9.00. The molecule has 0 spiro atoms. The summed E-state index contributed by atoms with van der Waals surface area (Å²) in [4.78, 5) is 14.8. The zero-order valence-electron chi connectivity index (χ0n) is 8.42. The molecular weight excluding hydrogens is 174 g/mol. The average Bonchev–Trinajstić information content (AvgIpc) is 2.59. The number of hydrogen-bond acceptors (Lipinski definition) is 1. The highest BCUT2D eigenvalue weighted by molar-refractivity contribution is 6.07. The van der Waals surface area contributed by atoms with Crippen LogP contribution in [0.25, 0.3) is 10.9 Å². The van der Waals surface area contributed by atoms with Gasteiger partial charge in [-0.1, -0.05) is 19.1 Å². The van der Waals surface area contributed by atoms with Gasteiger partial charge in [-0.2, -0.15) is 0 Å². The summed E-state index contributed by atoms with van der Waals surface area (Å²) in [6.07, 6.45) is 2.49. The molecule has 0 amide bonds. The Morgan fingerprint density at radius 2 is 2.21 bits per heavy atom. The number of Topliss-reactive ketones (excluding diaryl/α,β-unsaturated/α-hetero) is 1. The van der Waals surface area contributed by atoms with Gasteiger partial charge >= 0.3 is 0 Å². The van der Waals surface area contributed by atoms with E-state index in [1.54, 1.807) is 0 Å². The third-order valence-corrected chi connectivity index (χ3v) is 2.54. The van der Waals surface area contributed by atoms with Crippen molar-refractivity contribution in [2.75, 3.05) is 0 Å². The molecule has 1 aromatic heterocycles. The van der Waals surface area contributed by atoms with Gasteiger partial charge in [0.05, 0.1) is 5.52 Å². The molecule has 0 fully saturated rings. The molecule has 2 heteroatoms. The van der Waals surface area contributed by atoms with Crippen LogP contribution in [0.1, 0.15) is 29.3 Å². The van der Waals surface area contributed by atoms with Crippen LogP contribution in [-0.4, -0.2) is 10.8 Å². The lowest BCUT2D eigenvalue weighted by Gasteiger charge is -1.99. The van der Waals surface area contributed by atoms with Gasteiger partial charge in [-0.15, -0.1) is 0 Å². The maximum atomic E-state index is 11.6. The lowest BCUT2D eigenvalue weighted by atomic mass is 10.0. The Morgan fingerprint density at radius 3 is 2.93 bits per heavy atom. The van der Waals surface area contributed by atoms with E-state index in [1.165, 1.54) is 5.56 Å². The number of aromatic nitrogens is 1. The number of benzene rings is 1. The standard InChI is InChI=1S/C12H13NO/c1-3-11(14)10-6-4-5-9-8(2)7-13-12(9)10/h4-7,13H,3H2,1-2H3. The maximum Gasteiger partial charge on any atom is 0.164 e. The zero-order valence-corrected chi connectivity index (χ0v) is 8.42. The van der Waals surface area contributed by atoms with Crippen molar-refractivity contribution in [1.82, 2.24) is 4.98 Å². The molecule has 1 N–H and O–H groups in total. The second-order valence-corrected chi connectivity index (χ2v) is 3.48. The Kier molecular flexibility index (Phi) is 2.12. The van der Waals surface area contributed by atoms with Gasteiger partial charge in [0.1, 0.15) is 0 Å². The number of aryl methyl sites for hydroxylation is 1. The summed E-state index contributed by atoms with van der Waals surface area (Å²) in [5.74, 6) is 0.192. The van der Waals surface area contributed by atoms with Crippen molar-refractivity contribution in [3.63, 3.8) is 0 Å². The molecule has 0 aliphatic rings. The van der Waals surface area contributed by atoms with E-state index in [1.807, 2.05) is 38.2 Å². The molecule has 1 heterocycles. The first-order valence-corrected chi connectivity index (χ1v) is 4.84. The number of ketones is 1. The number of aromatic amines is 1. The number of hydrogen-bond donors (Lipinski definition) is 1. The van der Waals surface area contributed by atoms with E-state index < -0.39 is 0 Å². The third-order valence-electron chi connectivity index (χ3n) is 2.54. The highest BCUT2D eigenvalue weighted by atomic mass is 16.1. The smallest absolute Gasteiger partial charge is 0.164 e. The van der Waals surface area contributed by atoms with Gasteiger partial charge in [0.25, 0.3) is 0 Å². The summed E-state index contributed by atoms with van der Waals surface area (Å²) in [5, 5.41) is 1.14. The minimum absolute atomic E-state index is 0.192. The van der Waals surface area contributed by atoms with Crippen LogP contribution in [0.4, 0.5) is 0 Å². The number of carbonyl (C=O) groups excluding carboxylic acids is 1. The molecule has 0 aliphatic heterocycles. The highest BCUT2D eigenvalue weighted by Gasteiger charge is 2.09. The van der Waals surface area contributed by atoms with E-state index in [9.17, 15) is 4.79 Å². The van der Waals surface area contributed by atoms with Gasteiger partial charge in [-0.05, 0) is 18.6 Å². The van der Waals surface area contributed by atoms with E-state index in [2.05, 4.69) is 4.98 Å². The number of carbonyl (C=O) groups is 1. The molecule has 0 aliphatic carbocycles. The number of para-hydroxylation sites is 1. The summed E-state index contributed by atoms with van der Waals surface area (Å²) in [5.41, 5.74) is 2.96. The van der Waals surface area contributed by atoms with E-state index in [0.717, 1.165) is 16.5 Å². The lowest BCUT2D eigenvalue weighted by Crippen LogP contribution is -1.97. The lowest BCUT2D eigenvalue weighted by molar-refractivity contribution is 0.0989. The minimum Gasteiger partial charge on any atom is -0.360 e. The fourth-order valence-electron chi connectivity index (χ4n) is 1.72. The molecule has 2 aromatic rings. The normalized spacial score (nSPS) is 10.7. The fraction of sp³-hybridized carbons (Fsp3) is 0.250. The van der Waals surface area contributed by atoms with E-state index >= 15 is 0 Å². The molecule has 2 rings (SSSR count). The molecule has 0 saturated heterocycles. The number of fused-ring (bicyclic) bond motifs is 1. The monoisotopic (exact) mass is 187 g/mol. The Bertz CT molecular complexity index is 482. The molecule has 72 valence electrons. The molecule has 0 saturated carbocycles. The number of rotatable bonds is 2. The second-order valence-electron chi connectivity index (χ2n) is 3.48. The Balaban J connectivity index is 2.71. The van der Waals surface area contributed by atoms with Crippen molar-refractivity contribution in [2.24, 2.45) is 0 Å². The van der Waals surface area contributed by atoms with Crippen molar-refractivity contribution in [3.8, 4) is 0 Å². The van der Waals surface area contributed by atoms with Gasteiger partial charge in [0.2, 0.25) is 0 Å². The molecule has 0 radical (unpaired) electrons. The Morgan fingerprint density at radius 1 is 1.43 bits per heavy atom. The van der Waals surface area contributed by atoms with Crippen molar-refractivity contribution in [3.05, 3.63) is 35.5 Å². The van der Waals surface area contributed by atoms with Crippen LogP contribution in [0, 0.1) is 6.92 Å². The van der Waals surface area contributed by atoms with Gasteiger partial charge in [0.15, 0.2) is 5.78 Å². The van der Waals surface area contributed by atoms with Crippen molar-refractivity contribution < 1.29 is 4.79 Å². The van der Waals surface area contributed by atoms with Crippen LogP contribution in [0.2, 0.25) is 0 Å². The van der Waals surface area contributed by atoms with Gasteiger partial charge in [0, 0.05) is 23.6 Å². The Hall–Kier alpha value is -1.57. The van der Waals surface area contributed by atoms with Crippen LogP contribution < -0.4 is 0 Å². The van der Waals surface area contributed by atoms with Crippen LogP contribution in [0.5, 0.6) is 0 Å². The molecule has 0 bridgehead atoms. The average molecular weight is 187 g/mol. The fourth-order valence-corrected chi connectivity index (χ4v) is 1.72. The van der Waals surface area contributed by atoms with Crippen LogP contribution in [0.15, 0.2) is 24.4 Å². The largest absolute Gasteiger partial charge is 0.360 e. The van der Waals surface area contributed by atoms with Gasteiger partial charge in [-0.25, -0.2) is 0 Å². The SMILES string of the molecule is CCC(=O)c1cccc2c(C)c[nH]c12. The third kappa shape index (κ3) is 1.23. The first-order valence-electron chi connectivity index (χ1n) is 4.84. The van der Waals surface area contributed by atoms with E-state index in [-0.39, 0.29) is 5.78 Å². The molecule has 2 nitrogen and oxygen atoms in total. The second kappa shape index (κ2) is 3.29.